The van der Waals surface area contributed by atoms with Gasteiger partial charge in [0.1, 0.15) is 6.33 Å². The van der Waals surface area contributed by atoms with Crippen LogP contribution in [0.3, 0.4) is 0 Å². The van der Waals surface area contributed by atoms with Crippen molar-refractivity contribution < 1.29 is 0 Å². The van der Waals surface area contributed by atoms with Crippen LogP contribution in [0.5, 0.6) is 0 Å². The molecule has 0 aliphatic carbocycles. The lowest BCUT2D eigenvalue weighted by Gasteiger charge is -2.32. The Morgan fingerprint density at radius 2 is 1.88 bits per heavy atom. The fraction of sp³-hybridized carbons (Fsp3) is 0.300. The van der Waals surface area contributed by atoms with Gasteiger partial charge in [0.15, 0.2) is 0 Å². The number of nitrogens with zero attached hydrogens (tertiary/aromatic N) is 3. The van der Waals surface area contributed by atoms with Gasteiger partial charge in [0.05, 0.1) is 12.1 Å². The van der Waals surface area contributed by atoms with Gasteiger partial charge in [-0.15, -0.1) is 0 Å². The maximum Gasteiger partial charge on any atom is 0.222 e. The van der Waals surface area contributed by atoms with Gasteiger partial charge in [-0.1, -0.05) is 67.9 Å². The Morgan fingerprint density at radius 3 is 2.60 bits per heavy atom. The van der Waals surface area contributed by atoms with E-state index in [2.05, 4.69) is 59.6 Å². The van der Waals surface area contributed by atoms with Crippen molar-refractivity contribution >= 4 is 17.5 Å². The summed E-state index contributed by atoms with van der Waals surface area (Å²) >= 11 is 6.43. The predicted molar refractivity (Wildman–Crippen MR) is 101 cm³/mol. The third kappa shape index (κ3) is 3.02. The number of rotatable bonds is 3. The van der Waals surface area contributed by atoms with Crippen LogP contribution >= 0.6 is 11.6 Å². The highest BCUT2D eigenvalue weighted by Crippen LogP contribution is 2.39. The Labute approximate surface area is 152 Å². The first kappa shape index (κ1) is 16.2. The number of hydrogen-bond acceptors (Lipinski definition) is 3. The Kier molecular flexibility index (Phi) is 4.22. The number of hydrogen-bond donors (Lipinski definition) is 1. The van der Waals surface area contributed by atoms with E-state index in [9.17, 15) is 0 Å². The van der Waals surface area contributed by atoms with Crippen LogP contribution in [0.2, 0.25) is 5.02 Å². The summed E-state index contributed by atoms with van der Waals surface area (Å²) in [5, 5.41) is 8.68. The van der Waals surface area contributed by atoms with Crippen LogP contribution in [0.15, 0.2) is 54.9 Å². The van der Waals surface area contributed by atoms with Gasteiger partial charge in [0, 0.05) is 5.02 Å². The first-order valence-electron chi connectivity index (χ1n) is 8.64. The van der Waals surface area contributed by atoms with E-state index in [0.717, 1.165) is 23.0 Å². The van der Waals surface area contributed by atoms with Crippen LogP contribution < -0.4 is 5.32 Å². The molecular weight excluding hydrogens is 332 g/mol. The van der Waals surface area contributed by atoms with Crippen LogP contribution in [0.25, 0.3) is 0 Å². The van der Waals surface area contributed by atoms with Crippen LogP contribution in [-0.4, -0.2) is 14.8 Å². The molecule has 0 unspecified atom stereocenters. The van der Waals surface area contributed by atoms with Crippen LogP contribution in [0.1, 0.15) is 55.0 Å². The first-order valence-corrected chi connectivity index (χ1v) is 9.01. The van der Waals surface area contributed by atoms with Crippen molar-refractivity contribution in [2.24, 2.45) is 0 Å². The number of benzene rings is 2. The SMILES string of the molecule is CC(C)c1ccc([C@H]2C[C@@H](c3ccccc3Cl)Nc3ncnn32)cc1. The second-order valence-corrected chi connectivity index (χ2v) is 7.23. The zero-order chi connectivity index (χ0) is 17.4. The highest BCUT2D eigenvalue weighted by Gasteiger charge is 2.30. The second-order valence-electron chi connectivity index (χ2n) is 6.82. The largest absolute Gasteiger partial charge is 0.347 e. The van der Waals surface area contributed by atoms with Crippen molar-refractivity contribution in [3.8, 4) is 0 Å². The van der Waals surface area contributed by atoms with E-state index in [1.807, 2.05) is 22.9 Å². The Morgan fingerprint density at radius 1 is 1.12 bits per heavy atom. The number of fused-ring (bicyclic) bond motifs is 1. The monoisotopic (exact) mass is 352 g/mol. The smallest absolute Gasteiger partial charge is 0.222 e. The van der Waals surface area contributed by atoms with Crippen LogP contribution in [0, 0.1) is 0 Å². The summed E-state index contributed by atoms with van der Waals surface area (Å²) in [6.45, 7) is 4.42. The number of anilines is 1. The molecule has 25 heavy (non-hydrogen) atoms. The predicted octanol–water partition coefficient (Wildman–Crippen LogP) is 5.20. The second kappa shape index (κ2) is 6.52. The van der Waals surface area contributed by atoms with E-state index in [0.29, 0.717) is 5.92 Å². The minimum Gasteiger partial charge on any atom is -0.347 e. The van der Waals surface area contributed by atoms with Gasteiger partial charge in [-0.2, -0.15) is 10.1 Å². The Hall–Kier alpha value is -2.33. The molecule has 3 aromatic rings. The average molecular weight is 353 g/mol. The Balaban J connectivity index is 1.71. The van der Waals surface area contributed by atoms with Gasteiger partial charge < -0.3 is 5.32 Å². The fourth-order valence-electron chi connectivity index (χ4n) is 3.46. The lowest BCUT2D eigenvalue weighted by Crippen LogP contribution is -2.28. The van der Waals surface area contributed by atoms with Gasteiger partial charge in [0.25, 0.3) is 0 Å². The number of aromatic nitrogens is 3. The van der Waals surface area contributed by atoms with Gasteiger partial charge in [-0.05, 0) is 35.1 Å². The molecular formula is C20H21ClN4. The molecule has 0 spiro atoms. The number of halogens is 1. The van der Waals surface area contributed by atoms with Gasteiger partial charge in [-0.3, -0.25) is 0 Å². The summed E-state index contributed by atoms with van der Waals surface area (Å²) in [6.07, 6.45) is 2.48. The molecule has 0 fully saturated rings. The maximum atomic E-state index is 6.43. The molecule has 0 saturated carbocycles. The van der Waals surface area contributed by atoms with Gasteiger partial charge in [-0.25, -0.2) is 4.68 Å². The quantitative estimate of drug-likeness (QED) is 0.704. The summed E-state index contributed by atoms with van der Waals surface area (Å²) in [7, 11) is 0. The topological polar surface area (TPSA) is 42.7 Å². The third-order valence-corrected chi connectivity index (χ3v) is 5.24. The molecule has 1 aromatic heterocycles. The van der Waals surface area contributed by atoms with Crippen molar-refractivity contribution in [2.45, 2.75) is 38.3 Å². The maximum absolute atomic E-state index is 6.43. The first-order chi connectivity index (χ1) is 12.1. The summed E-state index contributed by atoms with van der Waals surface area (Å²) in [5.74, 6) is 1.31. The molecule has 4 nitrogen and oxygen atoms in total. The minimum absolute atomic E-state index is 0.111. The minimum atomic E-state index is 0.111. The molecule has 0 bridgehead atoms. The standard InChI is InChI=1S/C20H21ClN4/c1-13(2)14-7-9-15(10-8-14)19-11-18(16-5-3-4-6-17(16)21)24-20-22-12-23-25(19)20/h3-10,12-13,18-19H,11H2,1-2H3,(H,22,23,24)/t18-,19+/m0/s1. The highest BCUT2D eigenvalue weighted by molar-refractivity contribution is 6.31. The molecule has 1 aliphatic rings. The van der Waals surface area contributed by atoms with E-state index < -0.39 is 0 Å². The molecule has 1 N–H and O–H groups in total. The Bertz CT molecular complexity index is 869. The van der Waals surface area contributed by atoms with E-state index in [1.165, 1.54) is 11.1 Å². The molecule has 2 aromatic carbocycles. The van der Waals surface area contributed by atoms with Crippen molar-refractivity contribution in [1.29, 1.82) is 0 Å². The molecule has 2 atom stereocenters. The molecule has 0 radical (unpaired) electrons. The highest BCUT2D eigenvalue weighted by atomic mass is 35.5. The fourth-order valence-corrected chi connectivity index (χ4v) is 3.73. The summed E-state index contributed by atoms with van der Waals surface area (Å²) < 4.78 is 1.97. The van der Waals surface area contributed by atoms with E-state index >= 15 is 0 Å². The molecule has 1 aliphatic heterocycles. The average Bonchev–Trinajstić information content (AvgIpc) is 3.10. The third-order valence-electron chi connectivity index (χ3n) is 4.90. The zero-order valence-electron chi connectivity index (χ0n) is 14.4. The van der Waals surface area contributed by atoms with Gasteiger partial charge >= 0.3 is 0 Å². The van der Waals surface area contributed by atoms with Crippen LogP contribution in [-0.2, 0) is 0 Å². The van der Waals surface area contributed by atoms with Gasteiger partial charge in [0.2, 0.25) is 5.95 Å². The van der Waals surface area contributed by atoms with Crippen molar-refractivity contribution in [3.05, 3.63) is 76.6 Å². The summed E-state index contributed by atoms with van der Waals surface area (Å²) in [6, 6.07) is 17.1. The molecule has 128 valence electrons. The molecule has 0 saturated heterocycles. The van der Waals surface area contributed by atoms with Crippen molar-refractivity contribution in [3.63, 3.8) is 0 Å². The lowest BCUT2D eigenvalue weighted by molar-refractivity contribution is 0.431. The normalized spacial score (nSPS) is 19.5. The summed E-state index contributed by atoms with van der Waals surface area (Å²) in [4.78, 5) is 4.38. The molecule has 5 heteroatoms. The lowest BCUT2D eigenvalue weighted by atomic mass is 9.92. The zero-order valence-corrected chi connectivity index (χ0v) is 15.1. The van der Waals surface area contributed by atoms with Crippen molar-refractivity contribution in [2.75, 3.05) is 5.32 Å². The van der Waals surface area contributed by atoms with E-state index in [1.54, 1.807) is 6.33 Å². The molecule has 4 rings (SSSR count). The van der Waals surface area contributed by atoms with Crippen molar-refractivity contribution in [1.82, 2.24) is 14.8 Å². The molecule has 2 heterocycles. The van der Waals surface area contributed by atoms with E-state index in [-0.39, 0.29) is 12.1 Å². The van der Waals surface area contributed by atoms with E-state index in [4.69, 9.17) is 11.6 Å². The van der Waals surface area contributed by atoms with Crippen LogP contribution in [0.4, 0.5) is 5.95 Å². The summed E-state index contributed by atoms with van der Waals surface area (Å²) in [5.41, 5.74) is 3.69. The number of nitrogens with one attached hydrogen (secondary N) is 1. The molecule has 0 amide bonds.